The predicted octanol–water partition coefficient (Wildman–Crippen LogP) is 2.76. The van der Waals surface area contributed by atoms with Gasteiger partial charge in [0.05, 0.1) is 6.42 Å². The van der Waals surface area contributed by atoms with Gasteiger partial charge in [-0.1, -0.05) is 50.3 Å². The monoisotopic (exact) mass is 304 g/mol. The molecule has 3 nitrogen and oxygen atoms in total. The number of hydrogen-bond acceptors (Lipinski definition) is 2. The van der Waals surface area contributed by atoms with Gasteiger partial charge in [-0.05, 0) is 30.7 Å². The van der Waals surface area contributed by atoms with Crippen molar-refractivity contribution in [3.63, 3.8) is 0 Å². The third-order valence-electron chi connectivity index (χ3n) is 4.51. The van der Waals surface area contributed by atoms with E-state index >= 15 is 0 Å². The zero-order chi connectivity index (χ0) is 15.6. The van der Waals surface area contributed by atoms with Crippen LogP contribution in [0.3, 0.4) is 0 Å². The van der Waals surface area contributed by atoms with Gasteiger partial charge in [0.2, 0.25) is 5.91 Å². The molecule has 1 fully saturated rings. The van der Waals surface area contributed by atoms with E-state index in [4.69, 9.17) is 18.0 Å². The fourth-order valence-electron chi connectivity index (χ4n) is 3.11. The Morgan fingerprint density at radius 2 is 1.90 bits per heavy atom. The van der Waals surface area contributed by atoms with Crippen molar-refractivity contribution in [1.82, 2.24) is 4.90 Å². The van der Waals surface area contributed by atoms with Crippen LogP contribution in [0.2, 0.25) is 0 Å². The Morgan fingerprint density at radius 1 is 1.29 bits per heavy atom. The van der Waals surface area contributed by atoms with Crippen molar-refractivity contribution in [2.75, 3.05) is 6.54 Å². The SMILES string of the molecule is CC1CC(C)C(C)N(C(=O)Cc2ccc(C(N)=S)cc2)C1. The maximum atomic E-state index is 12.6. The van der Waals surface area contributed by atoms with Gasteiger partial charge in [0.15, 0.2) is 0 Å². The molecule has 114 valence electrons. The van der Waals surface area contributed by atoms with Gasteiger partial charge in [-0.15, -0.1) is 0 Å². The Labute approximate surface area is 132 Å². The summed E-state index contributed by atoms with van der Waals surface area (Å²) in [7, 11) is 0. The van der Waals surface area contributed by atoms with Crippen LogP contribution in [0.1, 0.15) is 38.3 Å². The largest absolute Gasteiger partial charge is 0.389 e. The topological polar surface area (TPSA) is 46.3 Å². The van der Waals surface area contributed by atoms with E-state index in [0.29, 0.717) is 29.3 Å². The molecule has 4 heteroatoms. The molecule has 1 heterocycles. The molecule has 3 atom stereocenters. The van der Waals surface area contributed by atoms with Gasteiger partial charge in [-0.2, -0.15) is 0 Å². The zero-order valence-electron chi connectivity index (χ0n) is 13.0. The first-order chi connectivity index (χ1) is 9.88. The highest BCUT2D eigenvalue weighted by Gasteiger charge is 2.31. The lowest BCUT2D eigenvalue weighted by Crippen LogP contribution is -2.49. The third-order valence-corrected chi connectivity index (χ3v) is 4.75. The van der Waals surface area contributed by atoms with Crippen LogP contribution in [0.5, 0.6) is 0 Å². The van der Waals surface area contributed by atoms with Crippen LogP contribution in [-0.2, 0) is 11.2 Å². The summed E-state index contributed by atoms with van der Waals surface area (Å²) >= 11 is 4.94. The van der Waals surface area contributed by atoms with Crippen molar-refractivity contribution in [2.24, 2.45) is 17.6 Å². The molecule has 1 aliphatic heterocycles. The number of nitrogens with two attached hydrogens (primary N) is 1. The first-order valence-corrected chi connectivity index (χ1v) is 7.97. The fourth-order valence-corrected chi connectivity index (χ4v) is 3.24. The normalized spacial score (nSPS) is 25.7. The van der Waals surface area contributed by atoms with E-state index in [1.54, 1.807) is 0 Å². The van der Waals surface area contributed by atoms with Gasteiger partial charge in [0, 0.05) is 18.2 Å². The second kappa shape index (κ2) is 6.56. The van der Waals surface area contributed by atoms with Gasteiger partial charge in [-0.3, -0.25) is 4.79 Å². The van der Waals surface area contributed by atoms with E-state index in [-0.39, 0.29) is 5.91 Å². The molecule has 21 heavy (non-hydrogen) atoms. The van der Waals surface area contributed by atoms with Gasteiger partial charge < -0.3 is 10.6 Å². The molecule has 3 unspecified atom stereocenters. The van der Waals surface area contributed by atoms with Crippen LogP contribution in [-0.4, -0.2) is 28.4 Å². The number of thiocarbonyl (C=S) groups is 1. The summed E-state index contributed by atoms with van der Waals surface area (Å²) in [4.78, 5) is 15.0. The average molecular weight is 304 g/mol. The van der Waals surface area contributed by atoms with Crippen molar-refractivity contribution >= 4 is 23.1 Å². The summed E-state index contributed by atoms with van der Waals surface area (Å²) in [5.41, 5.74) is 7.44. The highest BCUT2D eigenvalue weighted by molar-refractivity contribution is 7.80. The molecule has 1 aliphatic rings. The number of likely N-dealkylation sites (tertiary alicyclic amines) is 1. The minimum Gasteiger partial charge on any atom is -0.389 e. The molecule has 0 spiro atoms. The molecule has 0 bridgehead atoms. The smallest absolute Gasteiger partial charge is 0.227 e. The number of amides is 1. The molecule has 2 N–H and O–H groups in total. The number of carbonyl (C=O) groups excluding carboxylic acids is 1. The first-order valence-electron chi connectivity index (χ1n) is 7.56. The van der Waals surface area contributed by atoms with Gasteiger partial charge in [0.1, 0.15) is 4.99 Å². The Balaban J connectivity index is 2.04. The van der Waals surface area contributed by atoms with Gasteiger partial charge >= 0.3 is 0 Å². The highest BCUT2D eigenvalue weighted by atomic mass is 32.1. The van der Waals surface area contributed by atoms with E-state index in [1.807, 2.05) is 29.2 Å². The quantitative estimate of drug-likeness (QED) is 0.874. The molecule has 1 aromatic rings. The van der Waals surface area contributed by atoms with E-state index in [0.717, 1.165) is 17.7 Å². The number of nitrogens with zero attached hydrogens (tertiary/aromatic N) is 1. The van der Waals surface area contributed by atoms with Crippen molar-refractivity contribution < 1.29 is 4.79 Å². The summed E-state index contributed by atoms with van der Waals surface area (Å²) in [6.45, 7) is 7.48. The van der Waals surface area contributed by atoms with Gasteiger partial charge in [0.25, 0.3) is 0 Å². The molecule has 1 amide bonds. The second-order valence-corrected chi connectivity index (χ2v) is 6.78. The fraction of sp³-hybridized carbons (Fsp3) is 0.529. The standard InChI is InChI=1S/C17H24N2OS/c1-11-8-12(2)13(3)19(10-11)16(20)9-14-4-6-15(7-5-14)17(18)21/h4-7,11-13H,8-10H2,1-3H3,(H2,18,21). The van der Waals surface area contributed by atoms with Crippen molar-refractivity contribution in [1.29, 1.82) is 0 Å². The third kappa shape index (κ3) is 3.82. The Kier molecular flexibility index (Phi) is 4.99. The maximum Gasteiger partial charge on any atom is 0.227 e. The van der Waals surface area contributed by atoms with E-state index in [9.17, 15) is 4.79 Å². The van der Waals surface area contributed by atoms with Crippen LogP contribution in [0.15, 0.2) is 24.3 Å². The summed E-state index contributed by atoms with van der Waals surface area (Å²) < 4.78 is 0. The summed E-state index contributed by atoms with van der Waals surface area (Å²) in [6.07, 6.45) is 1.65. The number of benzene rings is 1. The summed E-state index contributed by atoms with van der Waals surface area (Å²) in [5.74, 6) is 1.36. The van der Waals surface area contributed by atoms with E-state index in [2.05, 4.69) is 20.8 Å². The molecule has 2 rings (SSSR count). The lowest BCUT2D eigenvalue weighted by Gasteiger charge is -2.41. The molecule has 0 radical (unpaired) electrons. The molecule has 1 aromatic carbocycles. The number of hydrogen-bond donors (Lipinski definition) is 1. The van der Waals surface area contributed by atoms with Crippen molar-refractivity contribution in [3.8, 4) is 0 Å². The molecule has 0 aliphatic carbocycles. The molecule has 0 aromatic heterocycles. The number of rotatable bonds is 3. The molecule has 1 saturated heterocycles. The highest BCUT2D eigenvalue weighted by Crippen LogP contribution is 2.27. The van der Waals surface area contributed by atoms with Crippen molar-refractivity contribution in [3.05, 3.63) is 35.4 Å². The van der Waals surface area contributed by atoms with Crippen LogP contribution >= 0.6 is 12.2 Å². The Bertz CT molecular complexity index is 526. The molecular weight excluding hydrogens is 280 g/mol. The average Bonchev–Trinajstić information content (AvgIpc) is 2.43. The number of piperidine rings is 1. The van der Waals surface area contributed by atoms with Crippen LogP contribution in [0, 0.1) is 11.8 Å². The number of carbonyl (C=O) groups is 1. The summed E-state index contributed by atoms with van der Waals surface area (Å²) in [5, 5.41) is 0. The zero-order valence-corrected chi connectivity index (χ0v) is 13.8. The second-order valence-electron chi connectivity index (χ2n) is 6.34. The minimum atomic E-state index is 0.212. The maximum absolute atomic E-state index is 12.6. The van der Waals surface area contributed by atoms with Crippen LogP contribution < -0.4 is 5.73 Å². The van der Waals surface area contributed by atoms with E-state index < -0.39 is 0 Å². The van der Waals surface area contributed by atoms with Crippen LogP contribution in [0.4, 0.5) is 0 Å². The lowest BCUT2D eigenvalue weighted by molar-refractivity contribution is -0.136. The lowest BCUT2D eigenvalue weighted by atomic mass is 9.85. The predicted molar refractivity (Wildman–Crippen MR) is 90.2 cm³/mol. The first kappa shape index (κ1) is 16.0. The molecule has 0 saturated carbocycles. The van der Waals surface area contributed by atoms with Crippen LogP contribution in [0.25, 0.3) is 0 Å². The Hall–Kier alpha value is -1.42. The molecular formula is C17H24N2OS. The Morgan fingerprint density at radius 3 is 2.48 bits per heavy atom. The minimum absolute atomic E-state index is 0.212. The van der Waals surface area contributed by atoms with Crippen molar-refractivity contribution in [2.45, 2.75) is 39.7 Å². The summed E-state index contributed by atoms with van der Waals surface area (Å²) in [6, 6.07) is 7.97. The van der Waals surface area contributed by atoms with Gasteiger partial charge in [-0.25, -0.2) is 0 Å². The van der Waals surface area contributed by atoms with E-state index in [1.165, 1.54) is 6.42 Å².